The van der Waals surface area contributed by atoms with E-state index < -0.39 is 10.0 Å². The number of hydrogen-bond donors (Lipinski definition) is 1. The van der Waals surface area contributed by atoms with Gasteiger partial charge in [-0.3, -0.25) is 0 Å². The Morgan fingerprint density at radius 2 is 1.79 bits per heavy atom. The fourth-order valence-corrected chi connectivity index (χ4v) is 5.34. The summed E-state index contributed by atoms with van der Waals surface area (Å²) in [7, 11) is -1.79. The van der Waals surface area contributed by atoms with Gasteiger partial charge in [-0.2, -0.15) is 9.57 Å². The highest BCUT2D eigenvalue weighted by Crippen LogP contribution is 2.24. The molecule has 0 spiro atoms. The molecule has 3 aromatic carbocycles. The van der Waals surface area contributed by atoms with E-state index in [2.05, 4.69) is 24.4 Å². The van der Waals surface area contributed by atoms with Crippen molar-refractivity contribution in [2.75, 3.05) is 25.5 Å². The van der Waals surface area contributed by atoms with Gasteiger partial charge in [0.1, 0.15) is 11.8 Å². The van der Waals surface area contributed by atoms with Crippen LogP contribution in [0.25, 0.3) is 0 Å². The molecule has 0 unspecified atom stereocenters. The number of benzene rings is 3. The van der Waals surface area contributed by atoms with E-state index in [1.54, 1.807) is 36.4 Å². The number of hydrogen-bond acceptors (Lipinski definition) is 5. The van der Waals surface area contributed by atoms with Crippen LogP contribution in [-0.4, -0.2) is 32.9 Å². The number of nitriles is 1. The largest absolute Gasteiger partial charge is 0.497 e. The monoisotopic (exact) mass is 497 g/mol. The third-order valence-electron chi connectivity index (χ3n) is 5.58. The average molecular weight is 498 g/mol. The molecular formula is C26H28ClN3O3S. The van der Waals surface area contributed by atoms with Crippen molar-refractivity contribution in [2.45, 2.75) is 31.2 Å². The van der Waals surface area contributed by atoms with Crippen LogP contribution in [0.3, 0.4) is 0 Å². The van der Waals surface area contributed by atoms with E-state index in [0.717, 1.165) is 25.1 Å². The Balaban J connectivity index is 0.000000192. The van der Waals surface area contributed by atoms with Crippen molar-refractivity contribution >= 4 is 27.3 Å². The Labute approximate surface area is 206 Å². The number of rotatable bonds is 6. The van der Waals surface area contributed by atoms with Crippen molar-refractivity contribution in [2.24, 2.45) is 0 Å². The van der Waals surface area contributed by atoms with Crippen LogP contribution in [0.1, 0.15) is 29.5 Å². The molecule has 3 aromatic rings. The maximum atomic E-state index is 12.2. The van der Waals surface area contributed by atoms with Crippen molar-refractivity contribution < 1.29 is 13.2 Å². The van der Waals surface area contributed by atoms with E-state index >= 15 is 0 Å². The van der Waals surface area contributed by atoms with Crippen LogP contribution in [0.5, 0.6) is 5.75 Å². The van der Waals surface area contributed by atoms with Gasteiger partial charge in [-0.1, -0.05) is 41.9 Å². The molecule has 0 amide bonds. The number of sulfonamides is 1. The highest BCUT2D eigenvalue weighted by molar-refractivity contribution is 7.89. The minimum Gasteiger partial charge on any atom is -0.497 e. The first kappa shape index (κ1) is 25.6. The van der Waals surface area contributed by atoms with Crippen molar-refractivity contribution in [1.82, 2.24) is 4.31 Å². The lowest BCUT2D eigenvalue weighted by Crippen LogP contribution is -2.27. The molecule has 1 heterocycles. The van der Waals surface area contributed by atoms with Crippen LogP contribution in [0.2, 0.25) is 5.02 Å². The minimum atomic E-state index is -3.32. The lowest BCUT2D eigenvalue weighted by atomic mass is 10.1. The van der Waals surface area contributed by atoms with Gasteiger partial charge in [-0.05, 0) is 61.2 Å². The second kappa shape index (κ2) is 11.9. The number of halogens is 1. The van der Waals surface area contributed by atoms with Gasteiger partial charge in [0.15, 0.2) is 0 Å². The maximum absolute atomic E-state index is 12.2. The number of nitrogens with one attached hydrogen (secondary N) is 1. The molecule has 1 aliphatic heterocycles. The van der Waals surface area contributed by atoms with Crippen molar-refractivity contribution in [1.29, 1.82) is 5.26 Å². The second-order valence-electron chi connectivity index (χ2n) is 7.88. The van der Waals surface area contributed by atoms with Gasteiger partial charge in [-0.25, -0.2) is 8.42 Å². The number of anilines is 1. The number of methoxy groups -OCH3 is 1. The molecule has 1 fully saturated rings. The minimum absolute atomic E-state index is 0.314. The predicted molar refractivity (Wildman–Crippen MR) is 136 cm³/mol. The van der Waals surface area contributed by atoms with Gasteiger partial charge in [-0.15, -0.1) is 0 Å². The quantitative estimate of drug-likeness (QED) is 0.478. The fourth-order valence-electron chi connectivity index (χ4n) is 3.56. The van der Waals surface area contributed by atoms with Crippen molar-refractivity contribution in [3.8, 4) is 11.8 Å². The summed E-state index contributed by atoms with van der Waals surface area (Å²) in [6.07, 6.45) is 1.90. The van der Waals surface area contributed by atoms with Gasteiger partial charge in [0.05, 0.1) is 22.6 Å². The summed E-state index contributed by atoms with van der Waals surface area (Å²) in [5, 5.41) is 12.6. The summed E-state index contributed by atoms with van der Waals surface area (Å²) < 4.78 is 30.9. The normalized spacial score (nSPS) is 13.5. The molecule has 4 rings (SSSR count). The molecular weight excluding hydrogens is 470 g/mol. The van der Waals surface area contributed by atoms with Crippen LogP contribution in [0, 0.1) is 18.3 Å². The highest BCUT2D eigenvalue weighted by Gasteiger charge is 2.27. The first-order chi connectivity index (χ1) is 16.3. The van der Waals surface area contributed by atoms with Crippen LogP contribution in [-0.2, 0) is 16.6 Å². The number of ether oxygens (including phenoxy) is 1. The van der Waals surface area contributed by atoms with Gasteiger partial charge in [0.25, 0.3) is 0 Å². The van der Waals surface area contributed by atoms with Crippen LogP contribution < -0.4 is 10.1 Å². The zero-order valence-electron chi connectivity index (χ0n) is 19.3. The Kier molecular flexibility index (Phi) is 8.94. The van der Waals surface area contributed by atoms with Crippen LogP contribution in [0.15, 0.2) is 71.6 Å². The van der Waals surface area contributed by atoms with Crippen LogP contribution in [0.4, 0.5) is 5.69 Å². The van der Waals surface area contributed by atoms with E-state index in [4.69, 9.17) is 21.6 Å². The van der Waals surface area contributed by atoms with E-state index in [1.807, 2.05) is 24.3 Å². The molecule has 0 atom stereocenters. The average Bonchev–Trinajstić information content (AvgIpc) is 3.40. The molecule has 8 heteroatoms. The second-order valence-corrected chi connectivity index (χ2v) is 10.2. The SMILES string of the molecule is COc1cccc(S(=O)(=O)N2CCCC2)c1.Cc1ccccc1CNc1ccc(C#N)c(Cl)c1. The van der Waals surface area contributed by atoms with E-state index in [-0.39, 0.29) is 0 Å². The molecule has 178 valence electrons. The first-order valence-electron chi connectivity index (χ1n) is 11.0. The summed E-state index contributed by atoms with van der Waals surface area (Å²) in [6, 6.07) is 22.2. The summed E-state index contributed by atoms with van der Waals surface area (Å²) in [6.45, 7) is 4.08. The van der Waals surface area contributed by atoms with Crippen LogP contribution >= 0.6 is 11.6 Å². The number of nitrogens with zero attached hydrogens (tertiary/aromatic N) is 2. The Morgan fingerprint density at radius 1 is 1.06 bits per heavy atom. The molecule has 0 radical (unpaired) electrons. The Bertz CT molecular complexity index is 1270. The van der Waals surface area contributed by atoms with Crippen molar-refractivity contribution in [3.05, 3.63) is 88.4 Å². The summed E-state index contributed by atoms with van der Waals surface area (Å²) >= 11 is 5.98. The van der Waals surface area contributed by atoms with E-state index in [9.17, 15) is 8.42 Å². The molecule has 34 heavy (non-hydrogen) atoms. The summed E-state index contributed by atoms with van der Waals surface area (Å²) in [5.41, 5.74) is 3.92. The van der Waals surface area contributed by atoms with Gasteiger partial charge < -0.3 is 10.1 Å². The van der Waals surface area contributed by atoms with E-state index in [1.165, 1.54) is 22.5 Å². The van der Waals surface area contributed by atoms with Gasteiger partial charge in [0.2, 0.25) is 10.0 Å². The molecule has 1 N–H and O–H groups in total. The third kappa shape index (κ3) is 6.51. The third-order valence-corrected chi connectivity index (χ3v) is 7.79. The van der Waals surface area contributed by atoms with Crippen molar-refractivity contribution in [3.63, 3.8) is 0 Å². The zero-order chi connectivity index (χ0) is 24.6. The lowest BCUT2D eigenvalue weighted by molar-refractivity contribution is 0.412. The molecule has 0 aliphatic carbocycles. The van der Waals surface area contributed by atoms with Gasteiger partial charge in [0, 0.05) is 31.4 Å². The summed E-state index contributed by atoms with van der Waals surface area (Å²) in [4.78, 5) is 0.314. The molecule has 1 saturated heterocycles. The Morgan fingerprint density at radius 3 is 2.44 bits per heavy atom. The lowest BCUT2D eigenvalue weighted by Gasteiger charge is -2.15. The summed E-state index contributed by atoms with van der Waals surface area (Å²) in [5.74, 6) is 0.570. The first-order valence-corrected chi connectivity index (χ1v) is 12.8. The van der Waals surface area contributed by atoms with Gasteiger partial charge >= 0.3 is 0 Å². The molecule has 1 aliphatic rings. The maximum Gasteiger partial charge on any atom is 0.243 e. The molecule has 0 saturated carbocycles. The molecule has 0 bridgehead atoms. The number of aryl methyl sites for hydroxylation is 1. The zero-order valence-corrected chi connectivity index (χ0v) is 20.9. The standard InChI is InChI=1S/C15H13ClN2.C11H15NO3S/c1-11-4-2-3-5-13(11)10-18-14-7-6-12(9-17)15(16)8-14;1-15-10-5-4-6-11(9-10)16(13,14)12-7-2-3-8-12/h2-8,18H,10H2,1H3;4-6,9H,2-3,7-8H2,1H3. The fraction of sp³-hybridized carbons (Fsp3) is 0.269. The predicted octanol–water partition coefficient (Wildman–Crippen LogP) is 5.61. The topological polar surface area (TPSA) is 82.4 Å². The molecule has 6 nitrogen and oxygen atoms in total. The highest BCUT2D eigenvalue weighted by atomic mass is 35.5. The molecule has 0 aromatic heterocycles. The van der Waals surface area contributed by atoms with E-state index in [0.29, 0.717) is 34.3 Å². The Hall–Kier alpha value is -3.05. The smallest absolute Gasteiger partial charge is 0.243 e.